The van der Waals surface area contributed by atoms with E-state index in [0.717, 1.165) is 21.2 Å². The summed E-state index contributed by atoms with van der Waals surface area (Å²) < 4.78 is 48.3. The van der Waals surface area contributed by atoms with E-state index in [-0.39, 0.29) is 42.7 Å². The van der Waals surface area contributed by atoms with Gasteiger partial charge in [-0.05, 0) is 80.4 Å². The van der Waals surface area contributed by atoms with Gasteiger partial charge in [0.15, 0.2) is 5.60 Å². The number of halogens is 4. The molecule has 270 valence electrons. The average molecular weight is 780 g/mol. The highest BCUT2D eigenvalue weighted by Gasteiger charge is 2.50. The molecule has 6 rings (SSSR count). The maximum Gasteiger partial charge on any atom is 0.420 e. The first-order valence-corrected chi connectivity index (χ1v) is 17.0. The van der Waals surface area contributed by atoms with E-state index in [0.29, 0.717) is 23.9 Å². The Morgan fingerprint density at radius 3 is 2.48 bits per heavy atom. The number of hydrogen-bond donors (Lipinski definition) is 2. The van der Waals surface area contributed by atoms with Crippen LogP contribution in [0.1, 0.15) is 51.5 Å². The minimum atomic E-state index is -4.91. The Morgan fingerprint density at radius 1 is 1.08 bits per heavy atom. The maximum atomic E-state index is 14.3. The summed E-state index contributed by atoms with van der Waals surface area (Å²) in [5.41, 5.74) is 0.435. The molecule has 3 heterocycles. The maximum absolute atomic E-state index is 14.3. The number of carbonyl (C=O) groups excluding carboxylic acids is 2. The number of imidazole rings is 1. The van der Waals surface area contributed by atoms with Crippen LogP contribution >= 0.6 is 15.9 Å². The lowest BCUT2D eigenvalue weighted by Crippen LogP contribution is -2.47. The molecule has 2 amide bonds. The third-order valence-corrected chi connectivity index (χ3v) is 9.85. The van der Waals surface area contributed by atoms with Crippen LogP contribution in [0.25, 0.3) is 16.9 Å². The molecule has 0 bridgehead atoms. The van der Waals surface area contributed by atoms with Crippen molar-refractivity contribution in [2.75, 3.05) is 6.61 Å². The molecule has 15 heteroatoms. The van der Waals surface area contributed by atoms with Crippen molar-refractivity contribution in [1.82, 2.24) is 29.3 Å². The van der Waals surface area contributed by atoms with Crippen molar-refractivity contribution in [2.24, 2.45) is 0 Å². The number of amides is 2. The van der Waals surface area contributed by atoms with Crippen LogP contribution in [0.2, 0.25) is 0 Å². The number of carbonyl (C=O) groups is 2. The number of benzene rings is 3. The first-order chi connectivity index (χ1) is 24.7. The van der Waals surface area contributed by atoms with Crippen LogP contribution in [-0.4, -0.2) is 65.3 Å². The smallest absolute Gasteiger partial charge is 0.420 e. The first-order valence-electron chi connectivity index (χ1n) is 16.2. The summed E-state index contributed by atoms with van der Waals surface area (Å²) in [6, 6.07) is 19.6. The number of aryl methyl sites for hydroxylation is 1. The number of rotatable bonds is 9. The van der Waals surface area contributed by atoms with Crippen LogP contribution in [0.3, 0.4) is 0 Å². The van der Waals surface area contributed by atoms with E-state index in [4.69, 9.17) is 4.74 Å². The SMILES string of the molecule is Cc1cc(C(=O)N2Cc3c(C(=O)NCc4ccccc4-c4ccncn4)n(-c4ccc(OC[C@](C)(O)C(F)(F)F)cc4)c(=O)n3C[C@H]2C)ccc1Br. The topological polar surface area (TPSA) is 132 Å². The predicted octanol–water partition coefficient (Wildman–Crippen LogP) is 5.83. The van der Waals surface area contributed by atoms with Gasteiger partial charge in [-0.15, -0.1) is 0 Å². The quantitative estimate of drug-likeness (QED) is 0.193. The van der Waals surface area contributed by atoms with Crippen molar-refractivity contribution < 1.29 is 32.6 Å². The molecular weight excluding hydrogens is 745 g/mol. The Labute approximate surface area is 304 Å². The van der Waals surface area contributed by atoms with Gasteiger partial charge in [-0.1, -0.05) is 40.2 Å². The van der Waals surface area contributed by atoms with Crippen LogP contribution in [0.5, 0.6) is 5.75 Å². The summed E-state index contributed by atoms with van der Waals surface area (Å²) >= 11 is 3.46. The van der Waals surface area contributed by atoms with Gasteiger partial charge >= 0.3 is 11.9 Å². The molecule has 2 aromatic heterocycles. The van der Waals surface area contributed by atoms with Crippen LogP contribution < -0.4 is 15.7 Å². The highest BCUT2D eigenvalue weighted by molar-refractivity contribution is 9.10. The zero-order chi connectivity index (χ0) is 37.4. The van der Waals surface area contributed by atoms with E-state index in [1.54, 1.807) is 35.4 Å². The Hall–Kier alpha value is -5.28. The molecule has 1 aliphatic heterocycles. The largest absolute Gasteiger partial charge is 0.490 e. The van der Waals surface area contributed by atoms with Crippen molar-refractivity contribution in [3.05, 3.63) is 128 Å². The summed E-state index contributed by atoms with van der Waals surface area (Å²) in [6.45, 7) is 3.37. The van der Waals surface area contributed by atoms with E-state index in [2.05, 4.69) is 31.2 Å². The normalized spacial score (nSPS) is 15.5. The number of alkyl halides is 3. The van der Waals surface area contributed by atoms with E-state index >= 15 is 0 Å². The van der Waals surface area contributed by atoms with Gasteiger partial charge in [-0.2, -0.15) is 13.2 Å². The Kier molecular flexibility index (Phi) is 10.1. The van der Waals surface area contributed by atoms with Crippen molar-refractivity contribution in [3.8, 4) is 22.7 Å². The van der Waals surface area contributed by atoms with E-state index in [1.807, 2.05) is 38.1 Å². The van der Waals surface area contributed by atoms with Crippen molar-refractivity contribution >= 4 is 27.7 Å². The lowest BCUT2D eigenvalue weighted by molar-refractivity contribution is -0.260. The summed E-state index contributed by atoms with van der Waals surface area (Å²) in [4.78, 5) is 52.1. The van der Waals surface area contributed by atoms with Gasteiger partial charge in [0.1, 0.15) is 24.4 Å². The predicted molar refractivity (Wildman–Crippen MR) is 189 cm³/mol. The second kappa shape index (κ2) is 14.4. The molecule has 0 radical (unpaired) electrons. The summed E-state index contributed by atoms with van der Waals surface area (Å²) in [6.07, 6.45) is -1.87. The van der Waals surface area contributed by atoms with E-state index in [9.17, 15) is 32.7 Å². The molecule has 0 unspecified atom stereocenters. The molecule has 3 aromatic carbocycles. The molecule has 0 fully saturated rings. The lowest BCUT2D eigenvalue weighted by atomic mass is 10.0. The van der Waals surface area contributed by atoms with Crippen LogP contribution in [0.15, 0.2) is 94.6 Å². The van der Waals surface area contributed by atoms with Crippen LogP contribution in [0.4, 0.5) is 13.2 Å². The van der Waals surface area contributed by atoms with Gasteiger partial charge in [-0.3, -0.25) is 18.7 Å². The van der Waals surface area contributed by atoms with E-state index in [1.165, 1.54) is 39.7 Å². The number of aromatic nitrogens is 4. The Morgan fingerprint density at radius 2 is 1.81 bits per heavy atom. The van der Waals surface area contributed by atoms with Crippen LogP contribution in [-0.2, 0) is 19.6 Å². The third-order valence-electron chi connectivity index (χ3n) is 8.96. The molecule has 2 atom stereocenters. The fourth-order valence-electron chi connectivity index (χ4n) is 5.94. The zero-order valence-electron chi connectivity index (χ0n) is 28.3. The highest BCUT2D eigenvalue weighted by atomic mass is 79.9. The van der Waals surface area contributed by atoms with Crippen molar-refractivity contribution in [1.29, 1.82) is 0 Å². The number of nitrogens with one attached hydrogen (secondary N) is 1. The fourth-order valence-corrected chi connectivity index (χ4v) is 6.18. The Balaban J connectivity index is 1.37. The summed E-state index contributed by atoms with van der Waals surface area (Å²) in [7, 11) is 0. The molecular formula is C37H34BrF3N6O5. The van der Waals surface area contributed by atoms with Crippen molar-refractivity contribution in [2.45, 2.75) is 58.2 Å². The fraction of sp³-hybridized carbons (Fsp3) is 0.270. The number of hydrogen-bond acceptors (Lipinski definition) is 7. The first kappa shape index (κ1) is 36.5. The van der Waals surface area contributed by atoms with E-state index < -0.39 is 36.0 Å². The molecule has 0 saturated carbocycles. The van der Waals surface area contributed by atoms with Gasteiger partial charge < -0.3 is 20.1 Å². The van der Waals surface area contributed by atoms with Crippen molar-refractivity contribution in [3.63, 3.8) is 0 Å². The second-order valence-electron chi connectivity index (χ2n) is 12.8. The van der Waals surface area contributed by atoms with Gasteiger partial charge in [-0.25, -0.2) is 14.8 Å². The standard InChI is InChI=1S/C37H34BrF3N6O5/c1-22-16-24(8-13-29(22)38)34(49)45-19-31-32(33(48)43-17-25-6-4-5-7-28(25)30-14-15-42-21-44-30)47(35(50)46(31)18-23(45)2)26-9-11-27(12-10-26)52-20-36(3,51)37(39,40)41/h4-16,21,23,51H,17-20H2,1-3H3,(H,43,48)/t23-,36+/m1/s1. The minimum Gasteiger partial charge on any atom is -0.490 e. The average Bonchev–Trinajstić information content (AvgIpc) is 3.41. The molecule has 1 aliphatic rings. The van der Waals surface area contributed by atoms with Crippen LogP contribution in [0, 0.1) is 6.92 Å². The molecule has 52 heavy (non-hydrogen) atoms. The highest BCUT2D eigenvalue weighted by Crippen LogP contribution is 2.31. The molecule has 2 N–H and O–H groups in total. The molecule has 5 aromatic rings. The monoisotopic (exact) mass is 778 g/mol. The summed E-state index contributed by atoms with van der Waals surface area (Å²) in [5.74, 6) is -0.852. The Bertz CT molecular complexity index is 2190. The number of nitrogens with zero attached hydrogens (tertiary/aromatic N) is 5. The summed E-state index contributed by atoms with van der Waals surface area (Å²) in [5, 5.41) is 12.7. The number of fused-ring (bicyclic) bond motifs is 1. The second-order valence-corrected chi connectivity index (χ2v) is 13.6. The van der Waals surface area contributed by atoms with Gasteiger partial charge in [0, 0.05) is 40.9 Å². The van der Waals surface area contributed by atoms with Gasteiger partial charge in [0.05, 0.1) is 23.6 Å². The van der Waals surface area contributed by atoms with Gasteiger partial charge in [0.2, 0.25) is 0 Å². The lowest BCUT2D eigenvalue weighted by Gasteiger charge is -2.34. The number of ether oxygens (including phenoxy) is 1. The molecule has 0 saturated heterocycles. The minimum absolute atomic E-state index is 0.00474. The molecule has 0 aliphatic carbocycles. The third kappa shape index (κ3) is 7.23. The van der Waals surface area contributed by atoms with Gasteiger partial charge in [0.25, 0.3) is 11.8 Å². The zero-order valence-corrected chi connectivity index (χ0v) is 29.9. The molecule has 11 nitrogen and oxygen atoms in total. The number of aliphatic hydroxyl groups is 1. The molecule has 0 spiro atoms.